The third kappa shape index (κ3) is 6.35. The average molecular weight is 605 g/mol. The molecule has 0 bridgehead atoms. The molecule has 2 fully saturated rings. The van der Waals surface area contributed by atoms with Crippen molar-refractivity contribution < 1.29 is 9.84 Å². The van der Waals surface area contributed by atoms with Crippen LogP contribution in [0.25, 0.3) is 0 Å². The molecule has 2 saturated carbocycles. The van der Waals surface area contributed by atoms with E-state index >= 15 is 0 Å². The Morgan fingerprint density at radius 1 is 0.591 bits per heavy atom. The third-order valence-electron chi connectivity index (χ3n) is 9.83. The van der Waals surface area contributed by atoms with Crippen molar-refractivity contribution >= 4 is 14.7 Å². The molecule has 0 radical (unpaired) electrons. The summed E-state index contributed by atoms with van der Waals surface area (Å²) in [5, 5.41) is 12.7. The Labute approximate surface area is 267 Å². The van der Waals surface area contributed by atoms with Gasteiger partial charge in [-0.25, -0.2) is 0 Å². The molecule has 4 aromatic carbocycles. The first-order valence-corrected chi connectivity index (χ1v) is 18.1. The Hall–Kier alpha value is -2.71. The van der Waals surface area contributed by atoms with Crippen molar-refractivity contribution in [3.63, 3.8) is 0 Å². The van der Waals surface area contributed by atoms with Crippen LogP contribution in [0, 0.1) is 0 Å². The molecule has 2 atom stereocenters. The highest BCUT2D eigenvalue weighted by Crippen LogP contribution is 2.77. The van der Waals surface area contributed by atoms with Gasteiger partial charge in [0.2, 0.25) is 0 Å². The third-order valence-corrected chi connectivity index (χ3v) is 13.8. The summed E-state index contributed by atoms with van der Waals surface area (Å²) in [5.74, 6) is 0. The minimum Gasteiger partial charge on any atom is -0.386 e. The van der Waals surface area contributed by atoms with Crippen molar-refractivity contribution in [2.75, 3.05) is 6.61 Å². The number of ether oxygens (including phenoxy) is 1. The second-order valence-corrected chi connectivity index (χ2v) is 15.5. The predicted molar refractivity (Wildman–Crippen MR) is 191 cm³/mol. The summed E-state index contributed by atoms with van der Waals surface area (Å²) >= 11 is 0. The molecule has 2 aliphatic carbocycles. The van der Waals surface area contributed by atoms with E-state index in [0.29, 0.717) is 6.61 Å². The SMILES string of the molecule is [BH3-][P+](C1CCCCC1)(C1CCCCC1)[C@H](c1ccccc1)[C@@H](O)COC(c1ccccc1)(c1ccccc1)c1ccccc1. The lowest BCUT2D eigenvalue weighted by molar-refractivity contribution is -0.0391. The molecule has 0 aliphatic heterocycles. The van der Waals surface area contributed by atoms with Crippen molar-refractivity contribution in [1.82, 2.24) is 0 Å². The molecule has 44 heavy (non-hydrogen) atoms. The van der Waals surface area contributed by atoms with Crippen LogP contribution >= 0.6 is 7.14 Å². The second kappa shape index (κ2) is 14.6. The number of hydrogen-bond donors (Lipinski definition) is 1. The fourth-order valence-corrected chi connectivity index (χ4v) is 12.3. The highest BCUT2D eigenvalue weighted by Gasteiger charge is 2.51. The molecule has 4 aromatic rings. The quantitative estimate of drug-likeness (QED) is 0.105. The first-order chi connectivity index (χ1) is 21.6. The molecule has 0 heterocycles. The van der Waals surface area contributed by atoms with E-state index in [-0.39, 0.29) is 13.2 Å². The van der Waals surface area contributed by atoms with Gasteiger partial charge in [-0.05, 0) is 73.6 Å². The maximum absolute atomic E-state index is 12.7. The largest absolute Gasteiger partial charge is 0.386 e. The Balaban J connectivity index is 1.44. The van der Waals surface area contributed by atoms with Crippen molar-refractivity contribution in [3.8, 4) is 0 Å². The molecule has 2 nitrogen and oxygen atoms in total. The van der Waals surface area contributed by atoms with E-state index in [0.717, 1.165) is 28.0 Å². The molecule has 0 saturated heterocycles. The van der Waals surface area contributed by atoms with E-state index in [2.05, 4.69) is 121 Å². The van der Waals surface area contributed by atoms with Gasteiger partial charge in [0.1, 0.15) is 19.3 Å². The van der Waals surface area contributed by atoms with Crippen molar-refractivity contribution in [2.45, 2.75) is 92.9 Å². The highest BCUT2D eigenvalue weighted by atomic mass is 31.2. The van der Waals surface area contributed by atoms with E-state index < -0.39 is 18.8 Å². The van der Waals surface area contributed by atoms with Crippen LogP contribution in [-0.2, 0) is 10.3 Å². The summed E-state index contributed by atoms with van der Waals surface area (Å²) in [6.45, 7) is 0.311. The van der Waals surface area contributed by atoms with Crippen molar-refractivity contribution in [2.24, 2.45) is 0 Å². The van der Waals surface area contributed by atoms with Crippen LogP contribution in [0.15, 0.2) is 121 Å². The molecule has 6 rings (SSSR count). The monoisotopic (exact) mass is 604 g/mol. The van der Waals surface area contributed by atoms with Crippen LogP contribution < -0.4 is 0 Å². The van der Waals surface area contributed by atoms with Gasteiger partial charge in [-0.15, -0.1) is 7.14 Å². The van der Waals surface area contributed by atoms with Crippen LogP contribution in [0.1, 0.15) is 92.1 Å². The molecule has 230 valence electrons. The minimum atomic E-state index is -1.39. The summed E-state index contributed by atoms with van der Waals surface area (Å²) in [4.78, 5) is 0. The van der Waals surface area contributed by atoms with Gasteiger partial charge < -0.3 is 9.84 Å². The molecular formula is C40H50BO2P. The molecule has 1 N–H and O–H groups in total. The predicted octanol–water partition coefficient (Wildman–Crippen LogP) is 9.06. The fraction of sp³-hybridized carbons (Fsp3) is 0.400. The van der Waals surface area contributed by atoms with Crippen LogP contribution in [0.4, 0.5) is 0 Å². The smallest absolute Gasteiger partial charge is 0.143 e. The molecular weight excluding hydrogens is 554 g/mol. The number of rotatable bonds is 11. The highest BCUT2D eigenvalue weighted by molar-refractivity contribution is 7.98. The van der Waals surface area contributed by atoms with Gasteiger partial charge in [0, 0.05) is 11.3 Å². The van der Waals surface area contributed by atoms with Gasteiger partial charge in [0.05, 0.1) is 12.3 Å². The van der Waals surface area contributed by atoms with Crippen LogP contribution in [-0.4, -0.2) is 36.7 Å². The molecule has 0 amide bonds. The lowest BCUT2D eigenvalue weighted by atomic mass is 9.80. The normalized spacial score (nSPS) is 18.5. The lowest BCUT2D eigenvalue weighted by Gasteiger charge is -2.53. The number of benzene rings is 4. The molecule has 4 heteroatoms. The Morgan fingerprint density at radius 3 is 1.34 bits per heavy atom. The van der Waals surface area contributed by atoms with Gasteiger partial charge >= 0.3 is 0 Å². The first-order valence-electron chi connectivity index (χ1n) is 16.6. The molecule has 2 aliphatic rings. The molecule has 0 spiro atoms. The van der Waals surface area contributed by atoms with Crippen LogP contribution in [0.2, 0.25) is 0 Å². The van der Waals surface area contributed by atoms with Gasteiger partial charge in [-0.3, -0.25) is 0 Å². The summed E-state index contributed by atoms with van der Waals surface area (Å²) in [7, 11) is -1.38. The van der Waals surface area contributed by atoms with Gasteiger partial charge in [0.25, 0.3) is 0 Å². The van der Waals surface area contributed by atoms with E-state index in [4.69, 9.17) is 4.74 Å². The standard InChI is InChI=1S/C40H50BO2P/c41-44(36-27-15-5-16-28-36,37-29-17-6-18-30-37)39(32-19-7-1-8-20-32)38(42)31-43-40(33-21-9-2-10-22-33,34-23-11-3-12-24-34)35-25-13-4-14-26-35/h1-4,7-14,19-26,36-39,42H,5-6,15-18,27-31H2,41H3/t38-,39+/m0/s1. The summed E-state index contributed by atoms with van der Waals surface area (Å²) in [6.07, 6.45) is 13.3. The van der Waals surface area contributed by atoms with E-state index in [1.807, 2.05) is 0 Å². The minimum absolute atomic E-state index is 0.00159. The fourth-order valence-electron chi connectivity index (χ4n) is 7.82. The van der Waals surface area contributed by atoms with Crippen molar-refractivity contribution in [1.29, 1.82) is 0 Å². The van der Waals surface area contributed by atoms with Crippen molar-refractivity contribution in [3.05, 3.63) is 144 Å². The van der Waals surface area contributed by atoms with E-state index in [9.17, 15) is 5.11 Å². The number of aliphatic hydroxyl groups is 1. The van der Waals surface area contributed by atoms with Gasteiger partial charge in [-0.1, -0.05) is 134 Å². The maximum atomic E-state index is 12.7. The Kier molecular flexibility index (Phi) is 10.4. The van der Waals surface area contributed by atoms with E-state index in [1.165, 1.54) is 69.8 Å². The van der Waals surface area contributed by atoms with Crippen LogP contribution in [0.5, 0.6) is 0 Å². The first kappa shape index (κ1) is 31.3. The lowest BCUT2D eigenvalue weighted by Crippen LogP contribution is -2.40. The zero-order valence-electron chi connectivity index (χ0n) is 25.4. The van der Waals surface area contributed by atoms with Gasteiger partial charge in [-0.2, -0.15) is 0 Å². The topological polar surface area (TPSA) is 29.5 Å². The zero-order valence-corrected chi connectivity index (χ0v) is 26.3. The number of hydrogen-bond acceptors (Lipinski definition) is 2. The second-order valence-electron chi connectivity index (χ2n) is 12.5. The Bertz CT molecular complexity index is 1290. The zero-order chi connectivity index (χ0) is 30.2. The summed E-state index contributed by atoms with van der Waals surface area (Å²) in [5.41, 5.74) is 5.73. The Morgan fingerprint density at radius 2 is 0.955 bits per heavy atom. The molecule has 0 aromatic heterocycles. The van der Waals surface area contributed by atoms with E-state index in [1.54, 1.807) is 0 Å². The average Bonchev–Trinajstić information content (AvgIpc) is 3.11. The number of aliphatic hydroxyl groups excluding tert-OH is 1. The molecule has 0 unspecified atom stereocenters. The maximum Gasteiger partial charge on any atom is 0.143 e. The van der Waals surface area contributed by atoms with Crippen LogP contribution in [0.3, 0.4) is 0 Å². The summed E-state index contributed by atoms with van der Waals surface area (Å²) in [6, 6.07) is 43.1. The summed E-state index contributed by atoms with van der Waals surface area (Å²) < 4.78 is 7.32. The van der Waals surface area contributed by atoms with Gasteiger partial charge in [0.15, 0.2) is 0 Å².